The molecular weight excluding hydrogens is 451 g/mol. The number of pyridine rings is 1. The van der Waals surface area contributed by atoms with Crippen LogP contribution in [0, 0.1) is 11.7 Å². The van der Waals surface area contributed by atoms with E-state index in [1.165, 1.54) is 6.07 Å². The van der Waals surface area contributed by atoms with Gasteiger partial charge in [-0.1, -0.05) is 0 Å². The summed E-state index contributed by atoms with van der Waals surface area (Å²) < 4.78 is 25.2. The third kappa shape index (κ3) is 5.18. The van der Waals surface area contributed by atoms with E-state index in [-0.39, 0.29) is 24.4 Å². The first kappa shape index (κ1) is 23.4. The van der Waals surface area contributed by atoms with Gasteiger partial charge in [-0.2, -0.15) is 0 Å². The van der Waals surface area contributed by atoms with Crippen LogP contribution in [0.15, 0.2) is 30.5 Å². The molecule has 1 saturated carbocycles. The van der Waals surface area contributed by atoms with Crippen LogP contribution in [0.5, 0.6) is 11.8 Å². The van der Waals surface area contributed by atoms with Gasteiger partial charge in [-0.25, -0.2) is 19.3 Å². The highest BCUT2D eigenvalue weighted by Crippen LogP contribution is 2.30. The van der Waals surface area contributed by atoms with Gasteiger partial charge in [0.05, 0.1) is 24.5 Å². The van der Waals surface area contributed by atoms with Crippen molar-refractivity contribution in [2.24, 2.45) is 11.7 Å². The van der Waals surface area contributed by atoms with Gasteiger partial charge in [0.2, 0.25) is 5.88 Å². The fraction of sp³-hybridized carbons (Fsp3) is 0.440. The highest BCUT2D eigenvalue weighted by Gasteiger charge is 2.27. The van der Waals surface area contributed by atoms with E-state index in [2.05, 4.69) is 25.6 Å². The molecule has 184 valence electrons. The number of benzene rings is 1. The highest BCUT2D eigenvalue weighted by molar-refractivity contribution is 5.93. The van der Waals surface area contributed by atoms with Crippen molar-refractivity contribution in [1.29, 1.82) is 0 Å². The van der Waals surface area contributed by atoms with Gasteiger partial charge < -0.3 is 25.8 Å². The molecule has 0 bridgehead atoms. The lowest BCUT2D eigenvalue weighted by Crippen LogP contribution is -2.40. The molecule has 1 amide bonds. The second-order valence-corrected chi connectivity index (χ2v) is 9.16. The summed E-state index contributed by atoms with van der Waals surface area (Å²) in [5, 5.41) is 7.08. The molecule has 2 aliphatic rings. The van der Waals surface area contributed by atoms with Crippen molar-refractivity contribution in [2.45, 2.75) is 50.7 Å². The summed E-state index contributed by atoms with van der Waals surface area (Å²) in [7, 11) is 1.55. The van der Waals surface area contributed by atoms with E-state index in [1.54, 1.807) is 25.4 Å². The van der Waals surface area contributed by atoms with Crippen LogP contribution in [0.4, 0.5) is 10.2 Å². The third-order valence-corrected chi connectivity index (χ3v) is 6.87. The fourth-order valence-corrected chi connectivity index (χ4v) is 4.90. The lowest BCUT2D eigenvalue weighted by molar-refractivity contribution is -0.118. The number of halogens is 1. The lowest BCUT2D eigenvalue weighted by atomic mass is 9.79. The van der Waals surface area contributed by atoms with Crippen molar-refractivity contribution in [3.05, 3.63) is 47.5 Å². The summed E-state index contributed by atoms with van der Waals surface area (Å²) in [4.78, 5) is 24.6. The summed E-state index contributed by atoms with van der Waals surface area (Å²) in [6.45, 7) is 0.509. The topological polar surface area (TPSA) is 124 Å². The Kier molecular flexibility index (Phi) is 6.74. The minimum atomic E-state index is -0.281. The van der Waals surface area contributed by atoms with Crippen molar-refractivity contribution in [3.63, 3.8) is 0 Å². The Balaban J connectivity index is 1.16. The molecule has 3 heterocycles. The van der Waals surface area contributed by atoms with Gasteiger partial charge in [-0.05, 0) is 56.2 Å². The second kappa shape index (κ2) is 10.1. The maximum atomic E-state index is 14.7. The summed E-state index contributed by atoms with van der Waals surface area (Å²) in [6, 6.07) is 7.07. The van der Waals surface area contributed by atoms with E-state index in [9.17, 15) is 9.18 Å². The van der Waals surface area contributed by atoms with Crippen molar-refractivity contribution < 1.29 is 18.7 Å². The Morgan fingerprint density at radius 3 is 2.83 bits per heavy atom. The molecule has 1 aliphatic heterocycles. The highest BCUT2D eigenvalue weighted by atomic mass is 19.1. The number of aromatic nitrogens is 3. The van der Waals surface area contributed by atoms with Crippen molar-refractivity contribution >= 4 is 22.6 Å². The molecule has 0 spiro atoms. The molecule has 0 saturated heterocycles. The predicted octanol–water partition coefficient (Wildman–Crippen LogP) is 2.72. The van der Waals surface area contributed by atoms with Crippen LogP contribution in [0.25, 0.3) is 10.9 Å². The quantitative estimate of drug-likeness (QED) is 0.472. The predicted molar refractivity (Wildman–Crippen MR) is 129 cm³/mol. The average molecular weight is 481 g/mol. The number of anilines is 1. The average Bonchev–Trinajstić information content (AvgIpc) is 2.88. The standard InChI is InChI=1S/C25H29FN6O3/c1-34-22-9-5-15-4-8-19(26)18(23(15)32-22)10-20(27)14-2-6-16(7-3-14)28-11-17-12-29-25-24(30-17)31-21(33)13-35-25/h4-5,8-9,12,14,16,20,28H,2-3,6-7,10-11,13,27H2,1H3,(H,30,31,33). The van der Waals surface area contributed by atoms with Gasteiger partial charge in [-0.15, -0.1) is 0 Å². The lowest BCUT2D eigenvalue weighted by Gasteiger charge is -2.33. The number of ether oxygens (including phenoxy) is 2. The van der Waals surface area contributed by atoms with E-state index in [4.69, 9.17) is 15.2 Å². The SMILES string of the molecule is COc1ccc2ccc(F)c(CC(N)C3CCC(NCc4cnc5c(n4)NC(=O)CO5)CC3)c2n1. The number of fused-ring (bicyclic) bond motifs is 2. The van der Waals surface area contributed by atoms with E-state index in [0.29, 0.717) is 53.6 Å². The molecule has 1 unspecified atom stereocenters. The first-order valence-electron chi connectivity index (χ1n) is 11.9. The number of hydrogen-bond acceptors (Lipinski definition) is 8. The van der Waals surface area contributed by atoms with Crippen LogP contribution >= 0.6 is 0 Å². The number of amides is 1. The van der Waals surface area contributed by atoms with Gasteiger partial charge in [0.1, 0.15) is 5.82 Å². The Labute approximate surface area is 202 Å². The molecular formula is C25H29FN6O3. The number of nitrogens with two attached hydrogens (primary N) is 1. The zero-order valence-corrected chi connectivity index (χ0v) is 19.6. The van der Waals surface area contributed by atoms with Crippen LogP contribution in [0.3, 0.4) is 0 Å². The number of carbonyl (C=O) groups excluding carboxylic acids is 1. The van der Waals surface area contributed by atoms with Crippen LogP contribution in [0.2, 0.25) is 0 Å². The van der Waals surface area contributed by atoms with Crippen molar-refractivity contribution in [1.82, 2.24) is 20.3 Å². The molecule has 0 radical (unpaired) electrons. The fourth-order valence-electron chi connectivity index (χ4n) is 4.90. The Morgan fingerprint density at radius 2 is 2.03 bits per heavy atom. The molecule has 9 nitrogen and oxygen atoms in total. The van der Waals surface area contributed by atoms with E-state index >= 15 is 0 Å². The van der Waals surface area contributed by atoms with E-state index in [1.807, 2.05) is 6.07 Å². The zero-order valence-electron chi connectivity index (χ0n) is 19.6. The van der Waals surface area contributed by atoms with Gasteiger partial charge in [0, 0.05) is 35.6 Å². The van der Waals surface area contributed by atoms with E-state index in [0.717, 1.165) is 36.8 Å². The van der Waals surface area contributed by atoms with Gasteiger partial charge in [0.15, 0.2) is 12.4 Å². The molecule has 1 aliphatic carbocycles. The second-order valence-electron chi connectivity index (χ2n) is 9.16. The minimum Gasteiger partial charge on any atom is -0.481 e. The number of hydrogen-bond donors (Lipinski definition) is 3. The normalized spacial score (nSPS) is 20.6. The van der Waals surface area contributed by atoms with Crippen LogP contribution < -0.4 is 25.8 Å². The Morgan fingerprint density at radius 1 is 1.23 bits per heavy atom. The molecule has 2 aromatic heterocycles. The van der Waals surface area contributed by atoms with Gasteiger partial charge in [0.25, 0.3) is 11.8 Å². The maximum absolute atomic E-state index is 14.7. The molecule has 1 aromatic carbocycles. The molecule has 10 heteroatoms. The molecule has 3 aromatic rings. The molecule has 4 N–H and O–H groups in total. The molecule has 1 atom stereocenters. The number of methoxy groups -OCH3 is 1. The minimum absolute atomic E-state index is 0.0392. The van der Waals surface area contributed by atoms with Crippen molar-refractivity contribution in [3.8, 4) is 11.8 Å². The number of carbonyl (C=O) groups is 1. The number of nitrogens with one attached hydrogen (secondary N) is 2. The molecule has 1 fully saturated rings. The summed E-state index contributed by atoms with van der Waals surface area (Å²) in [5.74, 6) is 0.969. The monoisotopic (exact) mass is 480 g/mol. The van der Waals surface area contributed by atoms with Gasteiger partial charge >= 0.3 is 0 Å². The van der Waals surface area contributed by atoms with Crippen LogP contribution in [0.1, 0.15) is 36.9 Å². The number of rotatable bonds is 7. The van der Waals surface area contributed by atoms with Crippen LogP contribution in [-0.2, 0) is 17.8 Å². The summed E-state index contributed by atoms with van der Waals surface area (Å²) >= 11 is 0. The Bertz CT molecular complexity index is 1230. The maximum Gasteiger partial charge on any atom is 0.263 e. The van der Waals surface area contributed by atoms with E-state index < -0.39 is 0 Å². The largest absolute Gasteiger partial charge is 0.481 e. The van der Waals surface area contributed by atoms with Crippen LogP contribution in [-0.4, -0.2) is 46.7 Å². The van der Waals surface area contributed by atoms with Crippen molar-refractivity contribution in [2.75, 3.05) is 19.0 Å². The Hall–Kier alpha value is -3.37. The smallest absolute Gasteiger partial charge is 0.263 e. The first-order chi connectivity index (χ1) is 17.0. The summed E-state index contributed by atoms with van der Waals surface area (Å²) in [5.41, 5.74) is 8.49. The molecule has 35 heavy (non-hydrogen) atoms. The zero-order chi connectivity index (χ0) is 24.4. The number of nitrogens with zero attached hydrogens (tertiary/aromatic N) is 3. The molecule has 5 rings (SSSR count). The summed E-state index contributed by atoms with van der Waals surface area (Å²) in [6.07, 6.45) is 5.96. The van der Waals surface area contributed by atoms with Gasteiger partial charge in [-0.3, -0.25) is 4.79 Å². The third-order valence-electron chi connectivity index (χ3n) is 6.87. The first-order valence-corrected chi connectivity index (χ1v) is 11.9.